The zero-order valence-corrected chi connectivity index (χ0v) is 6.77. The SMILES string of the molecule is C=CC(C)(C)C(C)OC. The Bertz CT molecular complexity index is 94.7. The highest BCUT2D eigenvalue weighted by Gasteiger charge is 2.20. The van der Waals surface area contributed by atoms with Gasteiger partial charge in [-0.15, -0.1) is 6.58 Å². The summed E-state index contributed by atoms with van der Waals surface area (Å²) in [5.41, 5.74) is 0.0920. The Labute approximate surface area is 57.7 Å². The van der Waals surface area contributed by atoms with Crippen LogP contribution in [0.3, 0.4) is 0 Å². The van der Waals surface area contributed by atoms with Gasteiger partial charge in [0.1, 0.15) is 0 Å². The lowest BCUT2D eigenvalue weighted by Crippen LogP contribution is -2.25. The van der Waals surface area contributed by atoms with Crippen LogP contribution in [0.25, 0.3) is 0 Å². The number of hydrogen-bond acceptors (Lipinski definition) is 1. The van der Waals surface area contributed by atoms with Gasteiger partial charge in [-0.2, -0.15) is 0 Å². The van der Waals surface area contributed by atoms with E-state index in [0.29, 0.717) is 0 Å². The van der Waals surface area contributed by atoms with E-state index < -0.39 is 0 Å². The summed E-state index contributed by atoms with van der Waals surface area (Å²) in [4.78, 5) is 0. The van der Waals surface area contributed by atoms with Crippen molar-refractivity contribution in [1.82, 2.24) is 0 Å². The lowest BCUT2D eigenvalue weighted by Gasteiger charge is -2.26. The van der Waals surface area contributed by atoms with Gasteiger partial charge >= 0.3 is 0 Å². The summed E-state index contributed by atoms with van der Waals surface area (Å²) >= 11 is 0. The van der Waals surface area contributed by atoms with Crippen molar-refractivity contribution in [2.45, 2.75) is 26.9 Å². The lowest BCUT2D eigenvalue weighted by molar-refractivity contribution is 0.0465. The average molecular weight is 128 g/mol. The minimum Gasteiger partial charge on any atom is -0.381 e. The Morgan fingerprint density at radius 3 is 2.11 bits per heavy atom. The highest BCUT2D eigenvalue weighted by molar-refractivity contribution is 4.91. The molecule has 0 aliphatic heterocycles. The molecule has 0 heterocycles. The van der Waals surface area contributed by atoms with Crippen molar-refractivity contribution in [3.63, 3.8) is 0 Å². The van der Waals surface area contributed by atoms with Gasteiger partial charge in [-0.1, -0.05) is 19.9 Å². The van der Waals surface area contributed by atoms with Gasteiger partial charge in [-0.3, -0.25) is 0 Å². The van der Waals surface area contributed by atoms with Gasteiger partial charge in [0.25, 0.3) is 0 Å². The Kier molecular flexibility index (Phi) is 2.92. The van der Waals surface area contributed by atoms with Crippen molar-refractivity contribution in [3.8, 4) is 0 Å². The molecule has 0 aliphatic carbocycles. The van der Waals surface area contributed by atoms with E-state index in [1.807, 2.05) is 13.0 Å². The molecule has 1 unspecified atom stereocenters. The molecule has 0 N–H and O–H groups in total. The largest absolute Gasteiger partial charge is 0.381 e. The van der Waals surface area contributed by atoms with E-state index in [4.69, 9.17) is 4.74 Å². The predicted octanol–water partition coefficient (Wildman–Crippen LogP) is 2.23. The molecule has 0 fully saturated rings. The highest BCUT2D eigenvalue weighted by Crippen LogP contribution is 2.22. The Morgan fingerprint density at radius 2 is 2.00 bits per heavy atom. The van der Waals surface area contributed by atoms with Crippen LogP contribution in [0.2, 0.25) is 0 Å². The van der Waals surface area contributed by atoms with Gasteiger partial charge in [-0.05, 0) is 6.92 Å². The van der Waals surface area contributed by atoms with E-state index in [9.17, 15) is 0 Å². The van der Waals surface area contributed by atoms with Crippen molar-refractivity contribution >= 4 is 0 Å². The van der Waals surface area contributed by atoms with Crippen LogP contribution < -0.4 is 0 Å². The first-order valence-corrected chi connectivity index (χ1v) is 3.21. The minimum absolute atomic E-state index is 0.0920. The van der Waals surface area contributed by atoms with E-state index in [0.717, 1.165) is 0 Å². The van der Waals surface area contributed by atoms with Gasteiger partial charge < -0.3 is 4.74 Å². The molecule has 0 aromatic rings. The fraction of sp³-hybridized carbons (Fsp3) is 0.750. The number of methoxy groups -OCH3 is 1. The van der Waals surface area contributed by atoms with Gasteiger partial charge in [0.2, 0.25) is 0 Å². The van der Waals surface area contributed by atoms with Crippen molar-refractivity contribution < 1.29 is 4.74 Å². The van der Waals surface area contributed by atoms with Gasteiger partial charge in [0, 0.05) is 12.5 Å². The molecule has 1 heteroatoms. The van der Waals surface area contributed by atoms with Crippen LogP contribution in [0, 0.1) is 5.41 Å². The quantitative estimate of drug-likeness (QED) is 0.530. The maximum atomic E-state index is 5.13. The van der Waals surface area contributed by atoms with Crippen molar-refractivity contribution in [3.05, 3.63) is 12.7 Å². The van der Waals surface area contributed by atoms with Crippen LogP contribution in [-0.4, -0.2) is 13.2 Å². The normalized spacial score (nSPS) is 15.1. The summed E-state index contributed by atoms with van der Waals surface area (Å²) in [6.07, 6.45) is 2.16. The van der Waals surface area contributed by atoms with Gasteiger partial charge in [0.05, 0.1) is 6.10 Å². The fourth-order valence-corrected chi connectivity index (χ4v) is 0.470. The van der Waals surface area contributed by atoms with Crippen LogP contribution in [-0.2, 0) is 4.74 Å². The molecule has 0 aromatic heterocycles. The summed E-state index contributed by atoms with van der Waals surface area (Å²) < 4.78 is 5.13. The molecule has 0 radical (unpaired) electrons. The van der Waals surface area contributed by atoms with E-state index >= 15 is 0 Å². The molecular formula is C8H16O. The molecule has 0 saturated carbocycles. The molecule has 0 aliphatic rings. The summed E-state index contributed by atoms with van der Waals surface area (Å²) in [6, 6.07) is 0. The van der Waals surface area contributed by atoms with Crippen LogP contribution in [0.5, 0.6) is 0 Å². The topological polar surface area (TPSA) is 9.23 Å². The summed E-state index contributed by atoms with van der Waals surface area (Å²) in [6.45, 7) is 9.98. The lowest BCUT2D eigenvalue weighted by atomic mass is 9.88. The van der Waals surface area contributed by atoms with E-state index in [2.05, 4.69) is 20.4 Å². The molecule has 0 spiro atoms. The predicted molar refractivity (Wildman–Crippen MR) is 40.4 cm³/mol. The molecule has 0 rings (SSSR count). The summed E-state index contributed by atoms with van der Waals surface area (Å²) in [5.74, 6) is 0. The average Bonchev–Trinajstić information content (AvgIpc) is 1.86. The molecule has 0 saturated heterocycles. The van der Waals surface area contributed by atoms with Crippen LogP contribution in [0.4, 0.5) is 0 Å². The molecule has 1 nitrogen and oxygen atoms in total. The van der Waals surface area contributed by atoms with Crippen LogP contribution in [0.1, 0.15) is 20.8 Å². The zero-order chi connectivity index (χ0) is 7.49. The summed E-state index contributed by atoms with van der Waals surface area (Å²) in [5, 5.41) is 0. The van der Waals surface area contributed by atoms with Gasteiger partial charge in [0.15, 0.2) is 0 Å². The zero-order valence-electron chi connectivity index (χ0n) is 6.77. The Hall–Kier alpha value is -0.300. The Morgan fingerprint density at radius 1 is 1.56 bits per heavy atom. The molecule has 0 bridgehead atoms. The van der Waals surface area contributed by atoms with Crippen LogP contribution in [0.15, 0.2) is 12.7 Å². The van der Waals surface area contributed by atoms with Crippen molar-refractivity contribution in [1.29, 1.82) is 0 Å². The first-order valence-electron chi connectivity index (χ1n) is 3.21. The second-order valence-corrected chi connectivity index (χ2v) is 2.90. The molecular weight excluding hydrogens is 112 g/mol. The second-order valence-electron chi connectivity index (χ2n) is 2.90. The second kappa shape index (κ2) is 3.02. The first kappa shape index (κ1) is 8.70. The standard InChI is InChI=1S/C8H16O/c1-6-8(3,4)7(2)9-5/h6-7H,1H2,2-5H3. The minimum atomic E-state index is 0.0920. The third kappa shape index (κ3) is 2.19. The fourth-order valence-electron chi connectivity index (χ4n) is 0.470. The van der Waals surface area contributed by atoms with Crippen molar-refractivity contribution in [2.24, 2.45) is 5.41 Å². The monoisotopic (exact) mass is 128 g/mol. The maximum Gasteiger partial charge on any atom is 0.0628 e. The molecule has 54 valence electrons. The maximum absolute atomic E-state index is 5.13. The van der Waals surface area contributed by atoms with Crippen LogP contribution >= 0.6 is 0 Å². The Balaban J connectivity index is 3.95. The third-order valence-electron chi connectivity index (χ3n) is 1.93. The molecule has 1 atom stereocenters. The van der Waals surface area contributed by atoms with E-state index in [1.54, 1.807) is 7.11 Å². The molecule has 9 heavy (non-hydrogen) atoms. The summed E-state index contributed by atoms with van der Waals surface area (Å²) in [7, 11) is 1.72. The van der Waals surface area contributed by atoms with E-state index in [1.165, 1.54) is 0 Å². The van der Waals surface area contributed by atoms with Crippen molar-refractivity contribution in [2.75, 3.05) is 7.11 Å². The first-order chi connectivity index (χ1) is 4.04. The number of rotatable bonds is 3. The molecule has 0 amide bonds. The molecule has 0 aromatic carbocycles. The smallest absolute Gasteiger partial charge is 0.0628 e. The third-order valence-corrected chi connectivity index (χ3v) is 1.93. The van der Waals surface area contributed by atoms with Gasteiger partial charge in [-0.25, -0.2) is 0 Å². The van der Waals surface area contributed by atoms with E-state index in [-0.39, 0.29) is 11.5 Å². The number of ether oxygens (including phenoxy) is 1. The highest BCUT2D eigenvalue weighted by atomic mass is 16.5. The number of hydrogen-bond donors (Lipinski definition) is 0.